The molecule has 17 heavy (non-hydrogen) atoms. The van der Waals surface area contributed by atoms with Crippen molar-refractivity contribution in [3.8, 4) is 12.3 Å². The summed E-state index contributed by atoms with van der Waals surface area (Å²) in [6.45, 7) is 0. The van der Waals surface area contributed by atoms with Crippen molar-refractivity contribution in [3.63, 3.8) is 0 Å². The molecule has 1 aliphatic rings. The highest BCUT2D eigenvalue weighted by Gasteiger charge is 2.35. The third kappa shape index (κ3) is 2.05. The molecule has 0 aliphatic carbocycles. The van der Waals surface area contributed by atoms with Gasteiger partial charge in [-0.05, 0) is 4.92 Å². The molecule has 10 heteroatoms. The lowest BCUT2D eigenvalue weighted by atomic mass is 10.5. The molecule has 0 saturated heterocycles. The maximum absolute atomic E-state index is 10.5. The van der Waals surface area contributed by atoms with Gasteiger partial charge in [0.15, 0.2) is 0 Å². The van der Waals surface area contributed by atoms with Gasteiger partial charge in [0.25, 0.3) is 12.2 Å². The van der Waals surface area contributed by atoms with E-state index < -0.39 is 17.0 Å². The molecule has 2 N–H and O–H groups in total. The maximum atomic E-state index is 10.5. The summed E-state index contributed by atoms with van der Waals surface area (Å²) in [6, 6.07) is 0. The lowest BCUT2D eigenvalue weighted by Crippen LogP contribution is -2.32. The second-order valence-electron chi connectivity index (χ2n) is 2.87. The average Bonchev–Trinajstić information content (AvgIpc) is 2.70. The number of aromatic nitrogens is 3. The number of aliphatic hydroxyl groups excluding tert-OH is 1. The van der Waals surface area contributed by atoms with E-state index in [0.717, 1.165) is 4.68 Å². The molecule has 9 nitrogen and oxygen atoms in total. The standard InChI is InChI=1S/C7H6N6O3S/c1-2-3-17-7-8-6-10-9-4(13(15)16)5(14)12(6)11-7/h1,5,14H,3H2,(H,8,10,11). The number of aliphatic hydroxyl groups is 1. The van der Waals surface area contributed by atoms with Crippen molar-refractivity contribution >= 4 is 23.5 Å². The van der Waals surface area contributed by atoms with E-state index in [2.05, 4.69) is 26.5 Å². The summed E-state index contributed by atoms with van der Waals surface area (Å²) in [5.41, 5.74) is 2.33. The van der Waals surface area contributed by atoms with Gasteiger partial charge < -0.3 is 15.2 Å². The largest absolute Gasteiger partial charge is 0.415 e. The van der Waals surface area contributed by atoms with Crippen LogP contribution in [0.5, 0.6) is 0 Å². The number of nitrogens with one attached hydrogen (secondary N) is 1. The molecular weight excluding hydrogens is 248 g/mol. The molecule has 0 fully saturated rings. The molecule has 0 radical (unpaired) electrons. The Kier molecular flexibility index (Phi) is 2.94. The number of thioether (sulfide) groups is 1. The molecule has 0 bridgehead atoms. The Bertz CT molecular complexity index is 532. The predicted molar refractivity (Wildman–Crippen MR) is 58.9 cm³/mol. The number of hydrazone groups is 1. The summed E-state index contributed by atoms with van der Waals surface area (Å²) in [6.07, 6.45) is 3.52. The van der Waals surface area contributed by atoms with Gasteiger partial charge in [0.2, 0.25) is 5.16 Å². The van der Waals surface area contributed by atoms with Gasteiger partial charge in [-0.25, -0.2) is 0 Å². The Morgan fingerprint density at radius 3 is 3.18 bits per heavy atom. The van der Waals surface area contributed by atoms with E-state index in [0.29, 0.717) is 10.9 Å². The third-order valence-corrected chi connectivity index (χ3v) is 2.56. The van der Waals surface area contributed by atoms with Crippen LogP contribution in [-0.4, -0.2) is 36.4 Å². The first-order chi connectivity index (χ1) is 8.13. The van der Waals surface area contributed by atoms with Gasteiger partial charge in [0.05, 0.1) is 10.9 Å². The lowest BCUT2D eigenvalue weighted by molar-refractivity contribution is -0.362. The molecule has 1 aromatic heterocycles. The Morgan fingerprint density at radius 2 is 2.53 bits per heavy atom. The van der Waals surface area contributed by atoms with Crippen molar-refractivity contribution in [2.75, 3.05) is 11.2 Å². The monoisotopic (exact) mass is 254 g/mol. The zero-order valence-electron chi connectivity index (χ0n) is 8.27. The van der Waals surface area contributed by atoms with Crippen molar-refractivity contribution in [1.82, 2.24) is 14.8 Å². The maximum Gasteiger partial charge on any atom is 0.415 e. The summed E-state index contributed by atoms with van der Waals surface area (Å²) in [5, 5.41) is 27.7. The topological polar surface area (TPSA) is 118 Å². The first kappa shape index (κ1) is 11.4. The highest BCUT2D eigenvalue weighted by atomic mass is 32.2. The minimum Gasteiger partial charge on any atom is -0.362 e. The predicted octanol–water partition coefficient (Wildman–Crippen LogP) is -0.490. The molecular formula is C7H6N6O3S. The molecule has 0 spiro atoms. The molecule has 2 heterocycles. The summed E-state index contributed by atoms with van der Waals surface area (Å²) < 4.78 is 0.976. The van der Waals surface area contributed by atoms with Crippen LogP contribution in [0.1, 0.15) is 6.23 Å². The molecule has 1 aliphatic heterocycles. The number of nitro groups is 1. The summed E-state index contributed by atoms with van der Waals surface area (Å²) in [4.78, 5) is 13.7. The number of hydrogen-bond donors (Lipinski definition) is 2. The second-order valence-corrected chi connectivity index (χ2v) is 3.81. The first-order valence-electron chi connectivity index (χ1n) is 4.32. The number of amidine groups is 1. The minimum absolute atomic E-state index is 0.127. The van der Waals surface area contributed by atoms with Gasteiger partial charge >= 0.3 is 5.84 Å². The van der Waals surface area contributed by atoms with Crippen LogP contribution in [-0.2, 0) is 0 Å². The minimum atomic E-state index is -1.56. The number of fused-ring (bicyclic) bond motifs is 1. The normalized spacial score (nSPS) is 17.6. The molecule has 0 amide bonds. The molecule has 1 aromatic rings. The van der Waals surface area contributed by atoms with Crippen LogP contribution in [0.2, 0.25) is 0 Å². The zero-order chi connectivity index (χ0) is 12.4. The van der Waals surface area contributed by atoms with Gasteiger partial charge in [-0.15, -0.1) is 16.9 Å². The van der Waals surface area contributed by atoms with Gasteiger partial charge in [0, 0.05) is 0 Å². The Hall–Kier alpha value is -2.12. The highest BCUT2D eigenvalue weighted by molar-refractivity contribution is 7.99. The molecule has 88 valence electrons. The molecule has 1 atom stereocenters. The Balaban J connectivity index is 2.25. The van der Waals surface area contributed by atoms with Crippen LogP contribution < -0.4 is 5.43 Å². The van der Waals surface area contributed by atoms with Crippen molar-refractivity contribution in [3.05, 3.63) is 10.1 Å². The fourth-order valence-corrected chi connectivity index (χ4v) is 1.64. The van der Waals surface area contributed by atoms with Crippen LogP contribution in [0.15, 0.2) is 10.3 Å². The Morgan fingerprint density at radius 1 is 1.76 bits per heavy atom. The summed E-state index contributed by atoms with van der Waals surface area (Å²) in [5.74, 6) is 2.24. The van der Waals surface area contributed by atoms with E-state index in [1.165, 1.54) is 11.8 Å². The fraction of sp³-hybridized carbons (Fsp3) is 0.286. The first-order valence-corrected chi connectivity index (χ1v) is 5.31. The van der Waals surface area contributed by atoms with E-state index in [-0.39, 0.29) is 5.95 Å². The molecule has 0 aromatic carbocycles. The van der Waals surface area contributed by atoms with Gasteiger partial charge in [0.1, 0.15) is 0 Å². The molecule has 1 unspecified atom stereocenters. The van der Waals surface area contributed by atoms with E-state index in [4.69, 9.17) is 6.42 Å². The van der Waals surface area contributed by atoms with E-state index in [1.54, 1.807) is 0 Å². The number of anilines is 1. The fourth-order valence-electron chi connectivity index (χ4n) is 1.13. The zero-order valence-corrected chi connectivity index (χ0v) is 9.09. The number of nitrogens with zero attached hydrogens (tertiary/aromatic N) is 5. The number of hydrogen-bond acceptors (Lipinski definition) is 8. The van der Waals surface area contributed by atoms with Crippen molar-refractivity contribution in [2.24, 2.45) is 5.10 Å². The number of terminal acetylenes is 1. The van der Waals surface area contributed by atoms with E-state index in [9.17, 15) is 15.2 Å². The van der Waals surface area contributed by atoms with Gasteiger partial charge in [-0.1, -0.05) is 17.7 Å². The molecule has 2 rings (SSSR count). The van der Waals surface area contributed by atoms with Crippen molar-refractivity contribution in [1.29, 1.82) is 0 Å². The smallest absolute Gasteiger partial charge is 0.362 e. The second kappa shape index (κ2) is 4.40. The van der Waals surface area contributed by atoms with Gasteiger partial charge in [-0.3, -0.25) is 0 Å². The van der Waals surface area contributed by atoms with E-state index >= 15 is 0 Å². The SMILES string of the molecule is C#CCSc1nc2n(n1)C(O)C([N+](=O)[O-])=NN2. The van der Waals surface area contributed by atoms with Crippen LogP contribution in [0, 0.1) is 22.5 Å². The van der Waals surface area contributed by atoms with Crippen LogP contribution in [0.25, 0.3) is 0 Å². The van der Waals surface area contributed by atoms with Crippen LogP contribution >= 0.6 is 11.8 Å². The van der Waals surface area contributed by atoms with Gasteiger partial charge in [-0.2, -0.15) is 9.67 Å². The average molecular weight is 254 g/mol. The molecule has 0 saturated carbocycles. The third-order valence-electron chi connectivity index (χ3n) is 1.82. The van der Waals surface area contributed by atoms with Crippen LogP contribution in [0.4, 0.5) is 5.95 Å². The lowest BCUT2D eigenvalue weighted by Gasteiger charge is -2.12. The summed E-state index contributed by atoms with van der Waals surface area (Å²) >= 11 is 1.17. The van der Waals surface area contributed by atoms with E-state index in [1.807, 2.05) is 0 Å². The van der Waals surface area contributed by atoms with Crippen molar-refractivity contribution in [2.45, 2.75) is 11.4 Å². The van der Waals surface area contributed by atoms with Crippen molar-refractivity contribution < 1.29 is 10.0 Å². The highest BCUT2D eigenvalue weighted by Crippen LogP contribution is 2.22. The Labute approximate surface area is 99.1 Å². The van der Waals surface area contributed by atoms with Crippen LogP contribution in [0.3, 0.4) is 0 Å². The number of rotatable bonds is 2. The summed E-state index contributed by atoms with van der Waals surface area (Å²) in [7, 11) is 0. The quantitative estimate of drug-likeness (QED) is 0.316.